The lowest BCUT2D eigenvalue weighted by Gasteiger charge is -2.11. The summed E-state index contributed by atoms with van der Waals surface area (Å²) in [5.41, 5.74) is 3.68. The van der Waals surface area contributed by atoms with Gasteiger partial charge in [-0.1, -0.05) is 51.1 Å². The van der Waals surface area contributed by atoms with Crippen LogP contribution in [0.4, 0.5) is 0 Å². The smallest absolute Gasteiger partial charge is 0.302 e. The third kappa shape index (κ3) is 4.36. The number of rotatable bonds is 5. The van der Waals surface area contributed by atoms with E-state index in [2.05, 4.69) is 45.0 Å². The molecule has 0 amide bonds. The van der Waals surface area contributed by atoms with Crippen LogP contribution in [-0.2, 0) is 9.53 Å². The van der Waals surface area contributed by atoms with Gasteiger partial charge in [-0.05, 0) is 29.0 Å². The highest BCUT2D eigenvalue weighted by Gasteiger charge is 2.05. The summed E-state index contributed by atoms with van der Waals surface area (Å²) in [6.07, 6.45) is 3.03. The molecule has 0 saturated heterocycles. The van der Waals surface area contributed by atoms with Gasteiger partial charge in [-0.3, -0.25) is 4.79 Å². The molecule has 0 spiro atoms. The second-order valence-electron chi connectivity index (χ2n) is 4.72. The molecule has 0 bridgehead atoms. The number of ether oxygens (including phenoxy) is 1. The summed E-state index contributed by atoms with van der Waals surface area (Å²) in [4.78, 5) is 10.8. The average Bonchev–Trinajstić information content (AvgIpc) is 2.34. The molecule has 0 aliphatic rings. The second kappa shape index (κ2) is 7.00. The van der Waals surface area contributed by atoms with Crippen molar-refractivity contribution in [2.24, 2.45) is 0 Å². The molecule has 0 fully saturated rings. The molecule has 0 unspecified atom stereocenters. The van der Waals surface area contributed by atoms with E-state index in [0.717, 1.165) is 12.0 Å². The van der Waals surface area contributed by atoms with Crippen molar-refractivity contribution in [3.05, 3.63) is 41.0 Å². The van der Waals surface area contributed by atoms with Gasteiger partial charge in [0.1, 0.15) is 6.61 Å². The number of hydrogen-bond donors (Lipinski definition) is 0. The van der Waals surface area contributed by atoms with Crippen molar-refractivity contribution >= 4 is 12.0 Å². The van der Waals surface area contributed by atoms with Crippen molar-refractivity contribution in [2.75, 3.05) is 6.61 Å². The quantitative estimate of drug-likeness (QED) is 0.729. The minimum atomic E-state index is -0.230. The Hall–Kier alpha value is -1.57. The van der Waals surface area contributed by atoms with Gasteiger partial charge in [0.2, 0.25) is 0 Å². The first-order chi connectivity index (χ1) is 8.54. The number of carbonyl (C=O) groups excluding carboxylic acids is 1. The summed E-state index contributed by atoms with van der Waals surface area (Å²) < 4.78 is 5.06. The molecule has 1 rings (SSSR count). The third-order valence-electron chi connectivity index (χ3n) is 2.89. The van der Waals surface area contributed by atoms with E-state index in [4.69, 9.17) is 4.74 Å². The highest BCUT2D eigenvalue weighted by molar-refractivity contribution is 5.66. The Labute approximate surface area is 110 Å². The van der Waals surface area contributed by atoms with Crippen LogP contribution in [0.5, 0.6) is 0 Å². The van der Waals surface area contributed by atoms with Gasteiger partial charge < -0.3 is 4.74 Å². The molecular formula is C16H22O2. The molecule has 1 aromatic rings. The molecule has 0 aromatic heterocycles. The van der Waals surface area contributed by atoms with Gasteiger partial charge >= 0.3 is 5.97 Å². The minimum absolute atomic E-state index is 0.230. The number of carbonyl (C=O) groups is 1. The van der Waals surface area contributed by atoms with Crippen molar-refractivity contribution in [2.45, 2.75) is 40.0 Å². The SMILES string of the molecule is CCC(=Cc1ccccc1C(C)C)COC(C)=O. The largest absolute Gasteiger partial charge is 0.461 e. The lowest BCUT2D eigenvalue weighted by molar-refractivity contribution is -0.139. The van der Waals surface area contributed by atoms with Crippen LogP contribution in [0.1, 0.15) is 51.2 Å². The van der Waals surface area contributed by atoms with Crippen LogP contribution < -0.4 is 0 Å². The van der Waals surface area contributed by atoms with Crippen molar-refractivity contribution in [1.82, 2.24) is 0 Å². The summed E-state index contributed by atoms with van der Waals surface area (Å²) in [5, 5.41) is 0. The zero-order valence-electron chi connectivity index (χ0n) is 11.7. The summed E-state index contributed by atoms with van der Waals surface area (Å²) in [6.45, 7) is 8.27. The van der Waals surface area contributed by atoms with Gasteiger partial charge in [-0.2, -0.15) is 0 Å². The molecule has 2 nitrogen and oxygen atoms in total. The first-order valence-electron chi connectivity index (χ1n) is 6.46. The highest BCUT2D eigenvalue weighted by Crippen LogP contribution is 2.22. The van der Waals surface area contributed by atoms with Gasteiger partial charge in [0.25, 0.3) is 0 Å². The third-order valence-corrected chi connectivity index (χ3v) is 2.89. The topological polar surface area (TPSA) is 26.3 Å². The molecule has 0 N–H and O–H groups in total. The van der Waals surface area contributed by atoms with E-state index >= 15 is 0 Å². The first-order valence-corrected chi connectivity index (χ1v) is 6.46. The average molecular weight is 246 g/mol. The van der Waals surface area contributed by atoms with Crippen LogP contribution in [0.2, 0.25) is 0 Å². The predicted molar refractivity (Wildman–Crippen MR) is 75.4 cm³/mol. The predicted octanol–water partition coefficient (Wildman–Crippen LogP) is 4.17. The molecule has 0 radical (unpaired) electrons. The normalized spacial score (nSPS) is 11.7. The van der Waals surface area contributed by atoms with Gasteiger partial charge in [-0.15, -0.1) is 0 Å². The van der Waals surface area contributed by atoms with E-state index < -0.39 is 0 Å². The molecule has 1 aromatic carbocycles. The van der Waals surface area contributed by atoms with Crippen LogP contribution in [-0.4, -0.2) is 12.6 Å². The summed E-state index contributed by atoms with van der Waals surface area (Å²) in [7, 11) is 0. The number of esters is 1. The Morgan fingerprint density at radius 2 is 2.00 bits per heavy atom. The van der Waals surface area contributed by atoms with Crippen LogP contribution in [0.25, 0.3) is 6.08 Å². The van der Waals surface area contributed by atoms with Crippen LogP contribution >= 0.6 is 0 Å². The van der Waals surface area contributed by atoms with Crippen LogP contribution in [0, 0.1) is 0 Å². The minimum Gasteiger partial charge on any atom is -0.461 e. The lowest BCUT2D eigenvalue weighted by Crippen LogP contribution is -2.03. The standard InChI is InChI=1S/C16H22O2/c1-5-14(11-18-13(4)17)10-15-8-6-7-9-16(15)12(2)3/h6-10,12H,5,11H2,1-4H3. The van der Waals surface area contributed by atoms with Crippen molar-refractivity contribution in [3.8, 4) is 0 Å². The molecule has 2 heteroatoms. The fourth-order valence-electron chi connectivity index (χ4n) is 1.83. The zero-order valence-corrected chi connectivity index (χ0v) is 11.7. The first kappa shape index (κ1) is 14.5. The highest BCUT2D eigenvalue weighted by atomic mass is 16.5. The number of benzene rings is 1. The Morgan fingerprint density at radius 3 is 2.56 bits per heavy atom. The second-order valence-corrected chi connectivity index (χ2v) is 4.72. The van der Waals surface area contributed by atoms with E-state index in [1.54, 1.807) is 0 Å². The summed E-state index contributed by atoms with van der Waals surface area (Å²) in [6, 6.07) is 8.36. The van der Waals surface area contributed by atoms with Crippen LogP contribution in [0.3, 0.4) is 0 Å². The maximum Gasteiger partial charge on any atom is 0.302 e. The molecule has 98 valence electrons. The fourth-order valence-corrected chi connectivity index (χ4v) is 1.83. The zero-order chi connectivity index (χ0) is 13.5. The van der Waals surface area contributed by atoms with E-state index in [1.165, 1.54) is 18.1 Å². The lowest BCUT2D eigenvalue weighted by atomic mass is 9.95. The molecule has 18 heavy (non-hydrogen) atoms. The maximum absolute atomic E-state index is 10.8. The van der Waals surface area contributed by atoms with E-state index in [0.29, 0.717) is 12.5 Å². The van der Waals surface area contributed by atoms with Crippen molar-refractivity contribution < 1.29 is 9.53 Å². The van der Waals surface area contributed by atoms with Gasteiger partial charge in [0.05, 0.1) is 0 Å². The molecule has 0 aliphatic carbocycles. The van der Waals surface area contributed by atoms with Gasteiger partial charge in [0.15, 0.2) is 0 Å². The fraction of sp³-hybridized carbons (Fsp3) is 0.438. The van der Waals surface area contributed by atoms with E-state index in [9.17, 15) is 4.79 Å². The Bertz CT molecular complexity index is 430. The molecule has 0 atom stereocenters. The summed E-state index contributed by atoms with van der Waals surface area (Å²) in [5.74, 6) is 0.260. The Morgan fingerprint density at radius 1 is 1.33 bits per heavy atom. The maximum atomic E-state index is 10.8. The molecule has 0 saturated carbocycles. The molecule has 0 aliphatic heterocycles. The van der Waals surface area contributed by atoms with Gasteiger partial charge in [0, 0.05) is 6.92 Å². The summed E-state index contributed by atoms with van der Waals surface area (Å²) >= 11 is 0. The van der Waals surface area contributed by atoms with E-state index in [1.807, 2.05) is 6.07 Å². The monoisotopic (exact) mass is 246 g/mol. The van der Waals surface area contributed by atoms with Crippen molar-refractivity contribution in [1.29, 1.82) is 0 Å². The number of hydrogen-bond acceptors (Lipinski definition) is 2. The molecular weight excluding hydrogens is 224 g/mol. The Kier molecular flexibility index (Phi) is 5.63. The van der Waals surface area contributed by atoms with Gasteiger partial charge in [-0.25, -0.2) is 0 Å². The Balaban J connectivity index is 2.94. The molecule has 0 heterocycles. The van der Waals surface area contributed by atoms with Crippen LogP contribution in [0.15, 0.2) is 29.8 Å². The van der Waals surface area contributed by atoms with E-state index in [-0.39, 0.29) is 5.97 Å². The van der Waals surface area contributed by atoms with Crippen molar-refractivity contribution in [3.63, 3.8) is 0 Å².